The summed E-state index contributed by atoms with van der Waals surface area (Å²) in [5.74, 6) is -0.157. The van der Waals surface area contributed by atoms with Crippen LogP contribution in [-0.2, 0) is 7.05 Å². The third-order valence-electron chi connectivity index (χ3n) is 4.98. The smallest absolute Gasteiger partial charge is 0.255 e. The molecule has 8 nitrogen and oxygen atoms in total. The lowest BCUT2D eigenvalue weighted by atomic mass is 10.1. The molecule has 0 spiro atoms. The summed E-state index contributed by atoms with van der Waals surface area (Å²) in [6, 6.07) is 9.35. The lowest BCUT2D eigenvalue weighted by Crippen LogP contribution is -2.29. The molecule has 3 aromatic heterocycles. The number of nitrogens with zero attached hydrogens (tertiary/aromatic N) is 7. The van der Waals surface area contributed by atoms with Crippen molar-refractivity contribution in [3.8, 4) is 5.69 Å². The highest BCUT2D eigenvalue weighted by Gasteiger charge is 2.21. The zero-order valence-corrected chi connectivity index (χ0v) is 18.7. The van der Waals surface area contributed by atoms with E-state index in [1.807, 2.05) is 49.0 Å². The van der Waals surface area contributed by atoms with Gasteiger partial charge in [0.15, 0.2) is 5.16 Å². The molecule has 31 heavy (non-hydrogen) atoms. The fourth-order valence-corrected chi connectivity index (χ4v) is 4.04. The number of carbonyl (C=O) groups is 1. The van der Waals surface area contributed by atoms with E-state index in [9.17, 15) is 4.79 Å². The van der Waals surface area contributed by atoms with E-state index in [-0.39, 0.29) is 11.9 Å². The first-order valence-electron chi connectivity index (χ1n) is 9.47. The first-order chi connectivity index (χ1) is 14.9. The number of imidazole rings is 1. The SMILES string of the molecule is CC(c1ccc(-n2cncn2)cc1)N(C)C(=O)c1cnc(Sc2nccn2C)c(Cl)c1. The van der Waals surface area contributed by atoms with Gasteiger partial charge in [0.2, 0.25) is 0 Å². The summed E-state index contributed by atoms with van der Waals surface area (Å²) in [5, 5.41) is 5.91. The number of amides is 1. The highest BCUT2D eigenvalue weighted by atomic mass is 35.5. The van der Waals surface area contributed by atoms with Crippen molar-refractivity contribution in [2.24, 2.45) is 7.05 Å². The quantitative estimate of drug-likeness (QED) is 0.438. The van der Waals surface area contributed by atoms with Crippen molar-refractivity contribution in [1.82, 2.24) is 34.2 Å². The molecule has 0 fully saturated rings. The molecule has 1 unspecified atom stereocenters. The maximum Gasteiger partial charge on any atom is 0.255 e. The van der Waals surface area contributed by atoms with Crippen molar-refractivity contribution in [3.05, 3.63) is 77.7 Å². The third kappa shape index (κ3) is 4.47. The Hall–Kier alpha value is -3.17. The highest BCUT2D eigenvalue weighted by Crippen LogP contribution is 2.31. The summed E-state index contributed by atoms with van der Waals surface area (Å²) in [7, 11) is 3.67. The highest BCUT2D eigenvalue weighted by molar-refractivity contribution is 7.99. The molecule has 3 heterocycles. The molecular weight excluding hydrogens is 434 g/mol. The maximum absolute atomic E-state index is 13.0. The fourth-order valence-electron chi connectivity index (χ4n) is 3.00. The molecule has 4 rings (SSSR count). The van der Waals surface area contributed by atoms with Gasteiger partial charge in [0, 0.05) is 32.7 Å². The number of aryl methyl sites for hydroxylation is 1. The van der Waals surface area contributed by atoms with E-state index in [1.54, 1.807) is 41.4 Å². The number of carbonyl (C=O) groups excluding carboxylic acids is 1. The second kappa shape index (κ2) is 8.91. The summed E-state index contributed by atoms with van der Waals surface area (Å²) in [6.07, 6.45) is 8.24. The molecule has 0 N–H and O–H groups in total. The molecule has 0 bridgehead atoms. The van der Waals surface area contributed by atoms with Crippen molar-refractivity contribution in [3.63, 3.8) is 0 Å². The van der Waals surface area contributed by atoms with E-state index in [2.05, 4.69) is 20.1 Å². The van der Waals surface area contributed by atoms with Gasteiger partial charge in [0.05, 0.1) is 22.3 Å². The molecule has 4 aromatic rings. The number of hydrogen-bond acceptors (Lipinski definition) is 6. The normalized spacial score (nSPS) is 12.0. The standard InChI is InChI=1S/C21H20ClN7OS/c1-14(15-4-6-17(7-5-15)29-13-23-12-26-29)28(3)20(30)16-10-18(22)19(25-11-16)31-21-24-8-9-27(21)2/h4-14H,1-3H3. The molecule has 0 aliphatic heterocycles. The van der Waals surface area contributed by atoms with E-state index in [4.69, 9.17) is 11.6 Å². The van der Waals surface area contributed by atoms with Crippen molar-refractivity contribution in [2.45, 2.75) is 23.1 Å². The zero-order chi connectivity index (χ0) is 22.0. The summed E-state index contributed by atoms with van der Waals surface area (Å²) >= 11 is 7.76. The molecule has 1 aromatic carbocycles. The van der Waals surface area contributed by atoms with Crippen LogP contribution < -0.4 is 0 Å². The number of rotatable bonds is 6. The van der Waals surface area contributed by atoms with E-state index >= 15 is 0 Å². The summed E-state index contributed by atoms with van der Waals surface area (Å²) in [4.78, 5) is 27.3. The first kappa shape index (κ1) is 21.1. The van der Waals surface area contributed by atoms with E-state index < -0.39 is 0 Å². The Morgan fingerprint density at radius 3 is 2.61 bits per heavy atom. The predicted molar refractivity (Wildman–Crippen MR) is 118 cm³/mol. The maximum atomic E-state index is 13.0. The average Bonchev–Trinajstić information content (AvgIpc) is 3.46. The number of hydrogen-bond donors (Lipinski definition) is 0. The van der Waals surface area contributed by atoms with Crippen LogP contribution in [0.15, 0.2) is 71.8 Å². The van der Waals surface area contributed by atoms with Gasteiger partial charge in [-0.05, 0) is 42.4 Å². The average molecular weight is 454 g/mol. The first-order valence-corrected chi connectivity index (χ1v) is 10.7. The lowest BCUT2D eigenvalue weighted by Gasteiger charge is -2.25. The van der Waals surface area contributed by atoms with Crippen molar-refractivity contribution in [1.29, 1.82) is 0 Å². The molecule has 0 aliphatic rings. The summed E-state index contributed by atoms with van der Waals surface area (Å²) in [5.41, 5.74) is 2.34. The summed E-state index contributed by atoms with van der Waals surface area (Å²) < 4.78 is 3.56. The minimum atomic E-state index is -0.157. The van der Waals surface area contributed by atoms with Crippen molar-refractivity contribution in [2.75, 3.05) is 7.05 Å². The van der Waals surface area contributed by atoms with Crippen LogP contribution in [0, 0.1) is 0 Å². The second-order valence-electron chi connectivity index (χ2n) is 6.96. The molecular formula is C21H20ClN7OS. The molecule has 0 saturated carbocycles. The monoisotopic (exact) mass is 453 g/mol. The topological polar surface area (TPSA) is 81.7 Å². The molecule has 10 heteroatoms. The van der Waals surface area contributed by atoms with Gasteiger partial charge in [-0.25, -0.2) is 19.6 Å². The van der Waals surface area contributed by atoms with Gasteiger partial charge in [-0.3, -0.25) is 4.79 Å². The Morgan fingerprint density at radius 1 is 1.23 bits per heavy atom. The van der Waals surface area contributed by atoms with E-state index in [0.717, 1.165) is 16.4 Å². The summed E-state index contributed by atoms with van der Waals surface area (Å²) in [6.45, 7) is 1.97. The van der Waals surface area contributed by atoms with Crippen LogP contribution >= 0.6 is 23.4 Å². The Bertz CT molecular complexity index is 1190. The van der Waals surface area contributed by atoms with E-state index in [1.165, 1.54) is 18.1 Å². The van der Waals surface area contributed by atoms with Crippen LogP contribution in [0.3, 0.4) is 0 Å². The number of aromatic nitrogens is 6. The number of benzene rings is 1. The molecule has 0 aliphatic carbocycles. The Labute approximate surface area is 188 Å². The van der Waals surface area contributed by atoms with Crippen LogP contribution in [0.4, 0.5) is 0 Å². The van der Waals surface area contributed by atoms with Gasteiger partial charge >= 0.3 is 0 Å². The van der Waals surface area contributed by atoms with Crippen LogP contribution in [0.2, 0.25) is 5.02 Å². The fraction of sp³-hybridized carbons (Fsp3) is 0.190. The van der Waals surface area contributed by atoms with Gasteiger partial charge < -0.3 is 9.47 Å². The van der Waals surface area contributed by atoms with Gasteiger partial charge in [-0.15, -0.1) is 0 Å². The molecule has 1 atom stereocenters. The van der Waals surface area contributed by atoms with Gasteiger partial charge in [-0.2, -0.15) is 5.10 Å². The number of halogens is 1. The van der Waals surface area contributed by atoms with E-state index in [0.29, 0.717) is 15.6 Å². The molecule has 158 valence electrons. The minimum Gasteiger partial charge on any atom is -0.335 e. The molecule has 0 saturated heterocycles. The second-order valence-corrected chi connectivity index (χ2v) is 8.32. The van der Waals surface area contributed by atoms with Gasteiger partial charge in [0.1, 0.15) is 17.7 Å². The van der Waals surface area contributed by atoms with Crippen LogP contribution in [0.25, 0.3) is 5.69 Å². The van der Waals surface area contributed by atoms with Crippen LogP contribution in [-0.4, -0.2) is 47.2 Å². The van der Waals surface area contributed by atoms with Gasteiger partial charge in [-0.1, -0.05) is 23.7 Å². The third-order valence-corrected chi connectivity index (χ3v) is 6.47. The van der Waals surface area contributed by atoms with Crippen molar-refractivity contribution >= 4 is 29.3 Å². The van der Waals surface area contributed by atoms with Crippen LogP contribution in [0.5, 0.6) is 0 Å². The van der Waals surface area contributed by atoms with Crippen molar-refractivity contribution < 1.29 is 4.79 Å². The Morgan fingerprint density at radius 2 is 2.00 bits per heavy atom. The molecule has 1 amide bonds. The number of pyridine rings is 1. The zero-order valence-electron chi connectivity index (χ0n) is 17.2. The molecule has 0 radical (unpaired) electrons. The predicted octanol–water partition coefficient (Wildman–Crippen LogP) is 4.03. The lowest BCUT2D eigenvalue weighted by molar-refractivity contribution is 0.0742. The largest absolute Gasteiger partial charge is 0.335 e. The Kier molecular flexibility index (Phi) is 6.06. The van der Waals surface area contributed by atoms with Crippen LogP contribution in [0.1, 0.15) is 28.9 Å². The Balaban J connectivity index is 1.48. The minimum absolute atomic E-state index is 0.141. The van der Waals surface area contributed by atoms with Gasteiger partial charge in [0.25, 0.3) is 5.91 Å².